The molecular weight excluding hydrogens is 252 g/mol. The molecule has 21 heavy (non-hydrogen) atoms. The minimum atomic E-state index is 0.385. The highest BCUT2D eigenvalue weighted by Gasteiger charge is 2.46. The summed E-state index contributed by atoms with van der Waals surface area (Å²) in [5, 5.41) is 0. The van der Waals surface area contributed by atoms with Crippen LogP contribution in [0.2, 0.25) is 0 Å². The van der Waals surface area contributed by atoms with E-state index < -0.39 is 0 Å². The Labute approximate surface area is 136 Å². The summed E-state index contributed by atoms with van der Waals surface area (Å²) in [4.78, 5) is 0. The lowest BCUT2D eigenvalue weighted by atomic mass is 9.53. The smallest absolute Gasteiger partial charge is 0.0287 e. The zero-order valence-corrected chi connectivity index (χ0v) is 17.1. The van der Waals surface area contributed by atoms with Crippen LogP contribution in [0.15, 0.2) is 0 Å². The second kappa shape index (κ2) is 8.02. The van der Waals surface area contributed by atoms with Crippen molar-refractivity contribution >= 4 is 0 Å². The van der Waals surface area contributed by atoms with E-state index in [2.05, 4.69) is 83.1 Å². The highest BCUT2D eigenvalue weighted by atomic mass is 14.5. The summed E-state index contributed by atoms with van der Waals surface area (Å²) in [5.74, 6) is 6.14. The molecule has 0 aliphatic carbocycles. The van der Waals surface area contributed by atoms with E-state index in [1.54, 1.807) is 0 Å². The van der Waals surface area contributed by atoms with Gasteiger partial charge in [0.15, 0.2) is 0 Å². The monoisotopic (exact) mass is 296 g/mol. The zero-order chi connectivity index (χ0) is 17.1. The molecule has 0 aromatic heterocycles. The van der Waals surface area contributed by atoms with Gasteiger partial charge >= 0.3 is 0 Å². The van der Waals surface area contributed by atoms with Gasteiger partial charge in [0.1, 0.15) is 0 Å². The van der Waals surface area contributed by atoms with Crippen LogP contribution in [0, 0.1) is 52.8 Å². The Morgan fingerprint density at radius 3 is 0.905 bits per heavy atom. The molecule has 0 amide bonds. The van der Waals surface area contributed by atoms with Crippen molar-refractivity contribution < 1.29 is 0 Å². The fraction of sp³-hybridized carbons (Fsp3) is 1.00. The Kier molecular flexibility index (Phi) is 8.02. The molecule has 0 heterocycles. The number of hydrogen-bond donors (Lipinski definition) is 0. The third-order valence-corrected chi connectivity index (χ3v) is 5.83. The van der Waals surface area contributed by atoms with Crippen LogP contribution in [-0.4, -0.2) is 0 Å². The van der Waals surface area contributed by atoms with Gasteiger partial charge in [0, 0.05) is 0 Å². The van der Waals surface area contributed by atoms with E-state index in [9.17, 15) is 0 Å². The molecule has 0 N–H and O–H groups in total. The summed E-state index contributed by atoms with van der Waals surface area (Å²) >= 11 is 0. The molecule has 0 spiro atoms. The number of rotatable bonds is 8. The summed E-state index contributed by atoms with van der Waals surface area (Å²) in [7, 11) is 0. The minimum Gasteiger partial charge on any atom is -0.0625 e. The van der Waals surface area contributed by atoms with Gasteiger partial charge in [-0.2, -0.15) is 0 Å². The van der Waals surface area contributed by atoms with Gasteiger partial charge in [0.05, 0.1) is 0 Å². The van der Waals surface area contributed by atoms with E-state index in [4.69, 9.17) is 0 Å². The number of hydrogen-bond acceptors (Lipinski definition) is 0. The van der Waals surface area contributed by atoms with Gasteiger partial charge in [-0.05, 0) is 52.8 Å². The van der Waals surface area contributed by atoms with Crippen LogP contribution in [0.3, 0.4) is 0 Å². The molecule has 0 radical (unpaired) electrons. The maximum absolute atomic E-state index is 2.56. The van der Waals surface area contributed by atoms with Crippen molar-refractivity contribution in [2.45, 2.75) is 83.1 Å². The lowest BCUT2D eigenvalue weighted by Gasteiger charge is -2.52. The first-order chi connectivity index (χ1) is 9.35. The Morgan fingerprint density at radius 1 is 0.429 bits per heavy atom. The Morgan fingerprint density at radius 2 is 0.714 bits per heavy atom. The molecule has 128 valence electrons. The predicted octanol–water partition coefficient (Wildman–Crippen LogP) is 7.14. The summed E-state index contributed by atoms with van der Waals surface area (Å²) in [6, 6.07) is 0. The van der Waals surface area contributed by atoms with Gasteiger partial charge in [-0.3, -0.25) is 0 Å². The summed E-state index contributed by atoms with van der Waals surface area (Å²) in [6.45, 7) is 29.4. The maximum Gasteiger partial charge on any atom is -0.0287 e. The summed E-state index contributed by atoms with van der Waals surface area (Å²) in [5.41, 5.74) is 0.385. The maximum atomic E-state index is 2.56. The van der Waals surface area contributed by atoms with Crippen molar-refractivity contribution in [1.82, 2.24) is 0 Å². The molecule has 0 bridgehead atoms. The molecular formula is C21H44. The van der Waals surface area contributed by atoms with Crippen molar-refractivity contribution in [1.29, 1.82) is 0 Å². The third kappa shape index (κ3) is 5.00. The molecule has 0 fully saturated rings. The molecule has 0 aliphatic rings. The minimum absolute atomic E-state index is 0.385. The molecule has 0 heteroatoms. The fourth-order valence-electron chi connectivity index (χ4n) is 6.11. The largest absolute Gasteiger partial charge is 0.0625 e. The van der Waals surface area contributed by atoms with E-state index in [0.29, 0.717) is 5.41 Å². The van der Waals surface area contributed by atoms with Crippen molar-refractivity contribution in [3.05, 3.63) is 0 Å². The van der Waals surface area contributed by atoms with Gasteiger partial charge in [0.25, 0.3) is 0 Å². The van der Waals surface area contributed by atoms with Gasteiger partial charge in [-0.25, -0.2) is 0 Å². The van der Waals surface area contributed by atoms with Crippen LogP contribution in [0.25, 0.3) is 0 Å². The van der Waals surface area contributed by atoms with Gasteiger partial charge in [-0.1, -0.05) is 83.1 Å². The van der Waals surface area contributed by atoms with Crippen molar-refractivity contribution in [3.8, 4) is 0 Å². The van der Waals surface area contributed by atoms with Crippen LogP contribution < -0.4 is 0 Å². The topological polar surface area (TPSA) is 0 Å². The normalized spacial score (nSPS) is 15.6. The van der Waals surface area contributed by atoms with E-state index in [0.717, 1.165) is 47.3 Å². The van der Waals surface area contributed by atoms with Gasteiger partial charge in [-0.15, -0.1) is 0 Å². The first kappa shape index (κ1) is 21.0. The molecule has 1 unspecified atom stereocenters. The molecule has 0 aliphatic heterocycles. The second-order valence-corrected chi connectivity index (χ2v) is 9.67. The van der Waals surface area contributed by atoms with Crippen LogP contribution in [0.1, 0.15) is 83.1 Å². The molecule has 0 saturated heterocycles. The van der Waals surface area contributed by atoms with E-state index in [1.165, 1.54) is 0 Å². The molecule has 0 saturated carbocycles. The highest BCUT2D eigenvalue weighted by molar-refractivity contribution is 4.94. The molecule has 0 aromatic carbocycles. The van der Waals surface area contributed by atoms with Crippen molar-refractivity contribution in [2.24, 2.45) is 52.8 Å². The first-order valence-corrected chi connectivity index (χ1v) is 9.35. The Hall–Kier alpha value is 0. The predicted molar refractivity (Wildman–Crippen MR) is 98.4 cm³/mol. The Bertz CT molecular complexity index is 264. The lowest BCUT2D eigenvalue weighted by Crippen LogP contribution is -2.46. The SMILES string of the molecule is CC(C)C(C(C)C)C(C(C)C)C(C)(C)C(C(C)C)C(C)C. The molecule has 0 rings (SSSR count). The highest BCUT2D eigenvalue weighted by Crippen LogP contribution is 2.52. The Balaban J connectivity index is 5.81. The van der Waals surface area contributed by atoms with Crippen LogP contribution in [0.4, 0.5) is 0 Å². The molecule has 1 atom stereocenters. The molecule has 0 nitrogen and oxygen atoms in total. The standard InChI is InChI=1S/C21H44/c1-13(2)18(14(3)4)20(17(9)10)21(11,12)19(15(5)6)16(7)8/h13-20H,1-12H3. The summed E-state index contributed by atoms with van der Waals surface area (Å²) < 4.78 is 0. The van der Waals surface area contributed by atoms with Gasteiger partial charge < -0.3 is 0 Å². The summed E-state index contributed by atoms with van der Waals surface area (Å²) in [6.07, 6.45) is 0. The van der Waals surface area contributed by atoms with Crippen LogP contribution >= 0.6 is 0 Å². The van der Waals surface area contributed by atoms with Gasteiger partial charge in [0.2, 0.25) is 0 Å². The van der Waals surface area contributed by atoms with E-state index in [1.807, 2.05) is 0 Å². The van der Waals surface area contributed by atoms with Crippen LogP contribution in [-0.2, 0) is 0 Å². The quantitative estimate of drug-likeness (QED) is 0.446. The van der Waals surface area contributed by atoms with Crippen molar-refractivity contribution in [3.63, 3.8) is 0 Å². The van der Waals surface area contributed by atoms with Crippen LogP contribution in [0.5, 0.6) is 0 Å². The zero-order valence-electron chi connectivity index (χ0n) is 17.1. The average molecular weight is 297 g/mol. The van der Waals surface area contributed by atoms with E-state index >= 15 is 0 Å². The molecule has 0 aromatic rings. The average Bonchev–Trinajstić information content (AvgIpc) is 2.21. The fourth-order valence-corrected chi connectivity index (χ4v) is 6.11. The lowest BCUT2D eigenvalue weighted by molar-refractivity contribution is -0.0378. The van der Waals surface area contributed by atoms with Crippen molar-refractivity contribution in [2.75, 3.05) is 0 Å². The third-order valence-electron chi connectivity index (χ3n) is 5.83. The van der Waals surface area contributed by atoms with E-state index in [-0.39, 0.29) is 0 Å². The second-order valence-electron chi connectivity index (χ2n) is 9.67. The first-order valence-electron chi connectivity index (χ1n) is 9.35.